The van der Waals surface area contributed by atoms with E-state index < -0.39 is 0 Å². The van der Waals surface area contributed by atoms with Gasteiger partial charge in [-0.15, -0.1) is 0 Å². The number of rotatable bonds is 4. The quantitative estimate of drug-likeness (QED) is 0.467. The summed E-state index contributed by atoms with van der Waals surface area (Å²) in [6, 6.07) is 18.8. The van der Waals surface area contributed by atoms with Gasteiger partial charge in [-0.3, -0.25) is 4.79 Å². The molecule has 0 fully saturated rings. The van der Waals surface area contributed by atoms with Crippen molar-refractivity contribution in [2.45, 2.75) is 20.3 Å². The van der Waals surface area contributed by atoms with Crippen LogP contribution >= 0.6 is 0 Å². The van der Waals surface area contributed by atoms with E-state index in [0.29, 0.717) is 22.4 Å². The number of nitriles is 1. The fourth-order valence-corrected chi connectivity index (χ4v) is 3.79. The van der Waals surface area contributed by atoms with Crippen molar-refractivity contribution in [3.8, 4) is 17.6 Å². The Morgan fingerprint density at radius 3 is 2.45 bits per heavy atom. The van der Waals surface area contributed by atoms with E-state index in [1.54, 1.807) is 24.3 Å². The molecular weight excluding hydrogens is 360 g/mol. The van der Waals surface area contributed by atoms with Crippen LogP contribution in [0.15, 0.2) is 59.4 Å². The first-order valence-electron chi connectivity index (χ1n) is 9.43. The van der Waals surface area contributed by atoms with Gasteiger partial charge >= 0.3 is 0 Å². The van der Waals surface area contributed by atoms with Gasteiger partial charge in [-0.2, -0.15) is 0 Å². The number of nitrogens with zero attached hydrogens (tertiary/aromatic N) is 2. The predicted octanol–water partition coefficient (Wildman–Crippen LogP) is 5.05. The van der Waals surface area contributed by atoms with Crippen molar-refractivity contribution in [2.24, 2.45) is 5.92 Å². The molecule has 4 aromatic rings. The van der Waals surface area contributed by atoms with Gasteiger partial charge in [0.05, 0.1) is 12.6 Å². The maximum Gasteiger partial charge on any atom is 0.273 e. The number of hydrogen-bond donors (Lipinski definition) is 0. The zero-order valence-corrected chi connectivity index (χ0v) is 16.2. The highest BCUT2D eigenvalue weighted by molar-refractivity contribution is 6.14. The van der Waals surface area contributed by atoms with E-state index in [-0.39, 0.29) is 16.3 Å². The van der Waals surface area contributed by atoms with E-state index in [1.807, 2.05) is 24.3 Å². The van der Waals surface area contributed by atoms with E-state index in [2.05, 4.69) is 30.8 Å². The minimum atomic E-state index is -0.284. The van der Waals surface area contributed by atoms with Crippen LogP contribution in [0.3, 0.4) is 0 Å². The molecule has 0 aliphatic rings. The topological polar surface area (TPSA) is 54.5 Å². The Balaban J connectivity index is 1.86. The maximum absolute atomic E-state index is 12.8. The van der Waals surface area contributed by atoms with Crippen molar-refractivity contribution in [1.29, 1.82) is 5.26 Å². The van der Waals surface area contributed by atoms with Gasteiger partial charge in [-0.1, -0.05) is 50.2 Å². The second-order valence-electron chi connectivity index (χ2n) is 7.46. The van der Waals surface area contributed by atoms with Crippen LogP contribution in [0.1, 0.15) is 19.4 Å². The molecule has 0 aliphatic heterocycles. The van der Waals surface area contributed by atoms with Gasteiger partial charge in [-0.05, 0) is 41.5 Å². The van der Waals surface area contributed by atoms with E-state index >= 15 is 0 Å². The molecule has 0 heterocycles. The Bertz CT molecular complexity index is 1390. The summed E-state index contributed by atoms with van der Waals surface area (Å²) >= 11 is 0. The predicted molar refractivity (Wildman–Crippen MR) is 115 cm³/mol. The van der Waals surface area contributed by atoms with Crippen LogP contribution in [-0.4, -0.2) is 0 Å². The number of benzene rings is 3. The van der Waals surface area contributed by atoms with Crippen LogP contribution in [0.25, 0.3) is 32.1 Å². The summed E-state index contributed by atoms with van der Waals surface area (Å²) in [7, 11) is 0. The van der Waals surface area contributed by atoms with Crippen molar-refractivity contribution in [3.05, 3.63) is 87.0 Å². The van der Waals surface area contributed by atoms with E-state index in [4.69, 9.17) is 11.3 Å². The first-order valence-corrected chi connectivity index (χ1v) is 9.43. The Morgan fingerprint density at radius 1 is 1.07 bits per heavy atom. The summed E-state index contributed by atoms with van der Waals surface area (Å²) in [4.78, 5) is 16.1. The lowest BCUT2D eigenvalue weighted by molar-refractivity contribution is 0.488. The van der Waals surface area contributed by atoms with Crippen molar-refractivity contribution in [1.82, 2.24) is 0 Å². The van der Waals surface area contributed by atoms with E-state index in [1.165, 1.54) is 5.56 Å². The van der Waals surface area contributed by atoms with Crippen molar-refractivity contribution < 1.29 is 4.74 Å². The van der Waals surface area contributed by atoms with Gasteiger partial charge < -0.3 is 4.74 Å². The molecule has 4 nitrogen and oxygen atoms in total. The lowest BCUT2D eigenvalue weighted by Gasteiger charge is -2.11. The Morgan fingerprint density at radius 2 is 1.79 bits per heavy atom. The van der Waals surface area contributed by atoms with E-state index in [9.17, 15) is 10.1 Å². The summed E-state index contributed by atoms with van der Waals surface area (Å²) in [5.41, 5.74) is 0.798. The first-order chi connectivity index (χ1) is 14.0. The maximum atomic E-state index is 12.8. The standard InChI is InChI=1S/C25H18N2O2/c1-15(2)13-16-7-9-17(10-8-16)29-22-12-11-19-23-18(22)5-4-6-20(23)25(28)24(19)21(14-26)27-3/h4-12,15H,13H2,1-2H3/b24-21-. The van der Waals surface area contributed by atoms with Crippen molar-refractivity contribution >= 4 is 27.2 Å². The summed E-state index contributed by atoms with van der Waals surface area (Å²) in [6.07, 6.45) is 1.01. The molecule has 0 N–H and O–H groups in total. The third-order valence-corrected chi connectivity index (χ3v) is 4.99. The monoisotopic (exact) mass is 378 g/mol. The molecule has 0 atom stereocenters. The smallest absolute Gasteiger partial charge is 0.273 e. The molecule has 0 spiro atoms. The zero-order chi connectivity index (χ0) is 20.5. The average molecular weight is 378 g/mol. The summed E-state index contributed by atoms with van der Waals surface area (Å²) in [6.45, 7) is 11.6. The van der Waals surface area contributed by atoms with Crippen molar-refractivity contribution in [3.63, 3.8) is 0 Å². The lowest BCUT2D eigenvalue weighted by atomic mass is 10.0. The minimum Gasteiger partial charge on any atom is -0.457 e. The molecule has 0 bridgehead atoms. The molecule has 4 aromatic carbocycles. The minimum absolute atomic E-state index is 0.179. The largest absolute Gasteiger partial charge is 0.457 e. The molecule has 0 amide bonds. The van der Waals surface area contributed by atoms with Crippen LogP contribution in [0.4, 0.5) is 0 Å². The van der Waals surface area contributed by atoms with E-state index in [0.717, 1.165) is 22.9 Å². The normalized spacial score (nSPS) is 12.2. The molecule has 0 aromatic heterocycles. The number of ether oxygens (including phenoxy) is 1. The fourth-order valence-electron chi connectivity index (χ4n) is 3.79. The van der Waals surface area contributed by atoms with Crippen LogP contribution in [0, 0.1) is 23.8 Å². The molecule has 0 unspecified atom stereocenters. The molecular formula is C25H18N2O2. The zero-order valence-electron chi connectivity index (χ0n) is 16.2. The second kappa shape index (κ2) is 7.26. The second-order valence-corrected chi connectivity index (χ2v) is 7.46. The van der Waals surface area contributed by atoms with Gasteiger partial charge in [0.2, 0.25) is 0 Å². The molecule has 0 saturated heterocycles. The fraction of sp³-hybridized carbons (Fsp3) is 0.160. The first kappa shape index (κ1) is 18.5. The Kier molecular flexibility index (Phi) is 4.63. The van der Waals surface area contributed by atoms with Crippen LogP contribution in [-0.2, 0) is 6.42 Å². The third kappa shape index (κ3) is 3.16. The average Bonchev–Trinajstić information content (AvgIpc) is 3.00. The molecule has 0 aliphatic carbocycles. The molecule has 140 valence electrons. The highest BCUT2D eigenvalue weighted by Crippen LogP contribution is 2.34. The summed E-state index contributed by atoms with van der Waals surface area (Å²) in [5.74, 6) is 1.95. The molecule has 0 saturated carbocycles. The molecule has 4 rings (SSSR count). The SMILES string of the molecule is [C-]#[N+]/C(C#N)=c1\c(=O)c2cccc3c(Oc4ccc(CC(C)C)cc4)ccc1c32. The van der Waals surface area contributed by atoms with Crippen LogP contribution in [0.5, 0.6) is 11.5 Å². The van der Waals surface area contributed by atoms with Crippen LogP contribution < -0.4 is 15.4 Å². The number of hydrogen-bond acceptors (Lipinski definition) is 3. The molecule has 0 radical (unpaired) electrons. The lowest BCUT2D eigenvalue weighted by Crippen LogP contribution is -2.21. The van der Waals surface area contributed by atoms with Gasteiger partial charge in [0.15, 0.2) is 5.43 Å². The molecule has 4 heteroatoms. The highest BCUT2D eigenvalue weighted by Gasteiger charge is 2.16. The summed E-state index contributed by atoms with van der Waals surface area (Å²) < 4.78 is 6.12. The van der Waals surface area contributed by atoms with Crippen molar-refractivity contribution in [2.75, 3.05) is 0 Å². The third-order valence-electron chi connectivity index (χ3n) is 4.99. The van der Waals surface area contributed by atoms with Gasteiger partial charge in [-0.25, -0.2) is 10.1 Å². The highest BCUT2D eigenvalue weighted by atomic mass is 16.5. The summed E-state index contributed by atoms with van der Waals surface area (Å²) in [5, 5.41) is 12.1. The van der Waals surface area contributed by atoms with Gasteiger partial charge in [0.1, 0.15) is 11.5 Å². The Labute approximate surface area is 168 Å². The van der Waals surface area contributed by atoms with Gasteiger partial charge in [0, 0.05) is 21.4 Å². The van der Waals surface area contributed by atoms with Gasteiger partial charge in [0.25, 0.3) is 5.70 Å². The molecule has 29 heavy (non-hydrogen) atoms. The Hall–Kier alpha value is -3.89. The van der Waals surface area contributed by atoms with Crippen LogP contribution in [0.2, 0.25) is 0 Å².